The number of halogens is 1. The van der Waals surface area contributed by atoms with Crippen LogP contribution in [0.4, 0.5) is 9.18 Å². The predicted molar refractivity (Wildman–Crippen MR) is 90.6 cm³/mol. The molecule has 1 saturated heterocycles. The number of nitriles is 1. The number of rotatable bonds is 4. The smallest absolute Gasteiger partial charge is 0.317 e. The van der Waals surface area contributed by atoms with E-state index in [-0.39, 0.29) is 29.5 Å². The Bertz CT molecular complexity index is 806. The summed E-state index contributed by atoms with van der Waals surface area (Å²) in [6.07, 6.45) is 4.21. The van der Waals surface area contributed by atoms with E-state index in [1.807, 2.05) is 6.07 Å². The van der Waals surface area contributed by atoms with E-state index in [4.69, 9.17) is 10.00 Å². The van der Waals surface area contributed by atoms with Crippen LogP contribution in [-0.2, 0) is 6.54 Å². The number of likely N-dealkylation sites (tertiary alicyclic amines) is 1. The zero-order valence-corrected chi connectivity index (χ0v) is 14.1. The van der Waals surface area contributed by atoms with Gasteiger partial charge in [0.1, 0.15) is 18.0 Å². The Kier molecular flexibility index (Phi) is 5.59. The summed E-state index contributed by atoms with van der Waals surface area (Å²) in [4.78, 5) is 22.0. The van der Waals surface area contributed by atoms with E-state index < -0.39 is 0 Å². The van der Waals surface area contributed by atoms with E-state index in [0.29, 0.717) is 19.6 Å². The Balaban J connectivity index is 1.55. The van der Waals surface area contributed by atoms with Gasteiger partial charge in [-0.25, -0.2) is 19.2 Å². The summed E-state index contributed by atoms with van der Waals surface area (Å²) in [5, 5.41) is 11.9. The van der Waals surface area contributed by atoms with Gasteiger partial charge >= 0.3 is 6.03 Å². The highest BCUT2D eigenvalue weighted by atomic mass is 19.1. The molecule has 0 unspecified atom stereocenters. The van der Waals surface area contributed by atoms with Crippen LogP contribution >= 0.6 is 0 Å². The third-order valence-electron chi connectivity index (χ3n) is 4.07. The van der Waals surface area contributed by atoms with E-state index in [1.54, 1.807) is 17.0 Å². The molecule has 0 bridgehead atoms. The molecule has 0 radical (unpaired) electrons. The van der Waals surface area contributed by atoms with E-state index in [2.05, 4.69) is 15.3 Å². The van der Waals surface area contributed by atoms with Gasteiger partial charge in [-0.2, -0.15) is 5.26 Å². The fraction of sp³-hybridized carbons (Fsp3) is 0.333. The summed E-state index contributed by atoms with van der Waals surface area (Å²) in [5.74, 6) is -0.120. The van der Waals surface area contributed by atoms with E-state index in [0.717, 1.165) is 18.4 Å². The summed E-state index contributed by atoms with van der Waals surface area (Å²) in [6.45, 7) is 1.35. The van der Waals surface area contributed by atoms with Crippen molar-refractivity contribution in [2.24, 2.45) is 0 Å². The quantitative estimate of drug-likeness (QED) is 0.908. The number of piperidine rings is 1. The Labute approximate surface area is 150 Å². The Morgan fingerprint density at radius 3 is 2.88 bits per heavy atom. The van der Waals surface area contributed by atoms with Gasteiger partial charge in [0.25, 0.3) is 5.88 Å². The highest BCUT2D eigenvalue weighted by Crippen LogP contribution is 2.18. The molecule has 1 aliphatic rings. The van der Waals surface area contributed by atoms with Crippen molar-refractivity contribution in [2.45, 2.75) is 25.5 Å². The number of ether oxygens (including phenoxy) is 1. The van der Waals surface area contributed by atoms with Crippen LogP contribution in [0.2, 0.25) is 0 Å². The number of benzene rings is 1. The highest BCUT2D eigenvalue weighted by Gasteiger charge is 2.26. The van der Waals surface area contributed by atoms with Crippen LogP contribution in [0.25, 0.3) is 0 Å². The summed E-state index contributed by atoms with van der Waals surface area (Å²) in [7, 11) is 0. The summed E-state index contributed by atoms with van der Waals surface area (Å²) in [6, 6.07) is 7.73. The van der Waals surface area contributed by atoms with E-state index in [9.17, 15) is 9.18 Å². The maximum atomic E-state index is 12.9. The van der Waals surface area contributed by atoms with Gasteiger partial charge < -0.3 is 15.0 Å². The molecule has 1 fully saturated rings. The number of carbonyl (C=O) groups excluding carboxylic acids is 1. The van der Waals surface area contributed by atoms with Crippen molar-refractivity contribution in [1.82, 2.24) is 20.2 Å². The first-order valence-corrected chi connectivity index (χ1v) is 8.30. The third kappa shape index (κ3) is 4.45. The fourth-order valence-electron chi connectivity index (χ4n) is 2.76. The molecule has 0 aliphatic carbocycles. The highest BCUT2D eigenvalue weighted by molar-refractivity contribution is 5.74. The van der Waals surface area contributed by atoms with Crippen molar-refractivity contribution in [2.75, 3.05) is 13.1 Å². The molecule has 1 aromatic carbocycles. The van der Waals surface area contributed by atoms with Gasteiger partial charge in [-0.1, -0.05) is 12.1 Å². The molecule has 1 aliphatic heterocycles. The van der Waals surface area contributed by atoms with Crippen LogP contribution in [0.15, 0.2) is 36.7 Å². The summed E-state index contributed by atoms with van der Waals surface area (Å²) >= 11 is 0. The van der Waals surface area contributed by atoms with Crippen molar-refractivity contribution in [1.29, 1.82) is 5.26 Å². The van der Waals surface area contributed by atoms with E-state index in [1.165, 1.54) is 24.5 Å². The second-order valence-electron chi connectivity index (χ2n) is 5.94. The molecule has 0 spiro atoms. The molecule has 8 heteroatoms. The second-order valence-corrected chi connectivity index (χ2v) is 5.94. The molecule has 26 heavy (non-hydrogen) atoms. The Morgan fingerprint density at radius 1 is 1.35 bits per heavy atom. The molecule has 134 valence electrons. The number of carbonyl (C=O) groups is 1. The molecule has 1 aromatic heterocycles. The minimum Gasteiger partial charge on any atom is -0.470 e. The number of nitrogens with zero attached hydrogens (tertiary/aromatic N) is 4. The van der Waals surface area contributed by atoms with Gasteiger partial charge in [-0.15, -0.1) is 0 Å². The Hall–Kier alpha value is -3.21. The molecular formula is C18H18FN5O2. The van der Waals surface area contributed by atoms with Crippen LogP contribution in [0.5, 0.6) is 5.88 Å². The van der Waals surface area contributed by atoms with Gasteiger partial charge in [0, 0.05) is 25.5 Å². The van der Waals surface area contributed by atoms with Crippen LogP contribution < -0.4 is 10.1 Å². The number of hydrogen-bond donors (Lipinski definition) is 1. The lowest BCUT2D eigenvalue weighted by Gasteiger charge is -2.32. The van der Waals surface area contributed by atoms with E-state index >= 15 is 0 Å². The molecule has 1 N–H and O–H groups in total. The lowest BCUT2D eigenvalue weighted by atomic mass is 10.1. The molecule has 3 rings (SSSR count). The van der Waals surface area contributed by atoms with Gasteiger partial charge in [0.15, 0.2) is 0 Å². The largest absolute Gasteiger partial charge is 0.470 e. The molecule has 2 aromatic rings. The topological polar surface area (TPSA) is 91.1 Å². The monoisotopic (exact) mass is 355 g/mol. The van der Waals surface area contributed by atoms with Gasteiger partial charge in [0.05, 0.1) is 6.54 Å². The number of hydrogen-bond acceptors (Lipinski definition) is 5. The summed E-state index contributed by atoms with van der Waals surface area (Å²) < 4.78 is 18.7. The SMILES string of the molecule is N#Cc1nccnc1O[C@@H]1CCCN(C(=O)NCc2ccc(F)cc2)C1. The first kappa shape index (κ1) is 17.6. The van der Waals surface area contributed by atoms with Crippen LogP contribution in [0.1, 0.15) is 24.1 Å². The molecule has 1 atom stereocenters. The van der Waals surface area contributed by atoms with Crippen LogP contribution in [-0.4, -0.2) is 40.1 Å². The average molecular weight is 355 g/mol. The molecular weight excluding hydrogens is 337 g/mol. The second kappa shape index (κ2) is 8.25. The van der Waals surface area contributed by atoms with Crippen LogP contribution in [0.3, 0.4) is 0 Å². The number of nitrogens with one attached hydrogen (secondary N) is 1. The molecule has 7 nitrogen and oxygen atoms in total. The molecule has 0 saturated carbocycles. The van der Waals surface area contributed by atoms with Crippen molar-refractivity contribution >= 4 is 6.03 Å². The fourth-order valence-corrected chi connectivity index (χ4v) is 2.76. The molecule has 2 amide bonds. The van der Waals surface area contributed by atoms with Crippen molar-refractivity contribution in [3.8, 4) is 11.9 Å². The first-order valence-electron chi connectivity index (χ1n) is 8.30. The van der Waals surface area contributed by atoms with Crippen molar-refractivity contribution < 1.29 is 13.9 Å². The predicted octanol–water partition coefficient (Wildman–Crippen LogP) is 2.24. The number of amides is 2. The van der Waals surface area contributed by atoms with Crippen LogP contribution in [0, 0.1) is 17.1 Å². The van der Waals surface area contributed by atoms with Gasteiger partial charge in [-0.05, 0) is 30.5 Å². The minimum absolute atomic E-state index is 0.130. The van der Waals surface area contributed by atoms with Crippen molar-refractivity contribution in [3.63, 3.8) is 0 Å². The normalized spacial score (nSPS) is 16.6. The number of urea groups is 1. The first-order chi connectivity index (χ1) is 12.7. The lowest BCUT2D eigenvalue weighted by molar-refractivity contribution is 0.0971. The zero-order chi connectivity index (χ0) is 18.4. The zero-order valence-electron chi connectivity index (χ0n) is 14.1. The standard InChI is InChI=1S/C18H18FN5O2/c19-14-5-3-13(4-6-14)11-23-18(25)24-9-1-2-15(12-24)26-17-16(10-20)21-7-8-22-17/h3-8,15H,1-2,9,11-12H2,(H,23,25)/t15-/m1/s1. The molecule has 2 heterocycles. The Morgan fingerprint density at radius 2 is 2.12 bits per heavy atom. The number of aromatic nitrogens is 2. The summed E-state index contributed by atoms with van der Waals surface area (Å²) in [5.41, 5.74) is 0.952. The van der Waals surface area contributed by atoms with Gasteiger partial charge in [0.2, 0.25) is 5.69 Å². The maximum absolute atomic E-state index is 12.9. The van der Waals surface area contributed by atoms with Gasteiger partial charge in [-0.3, -0.25) is 0 Å². The minimum atomic E-state index is -0.308. The lowest BCUT2D eigenvalue weighted by Crippen LogP contribution is -2.48. The average Bonchev–Trinajstić information content (AvgIpc) is 2.68. The van der Waals surface area contributed by atoms with Crippen molar-refractivity contribution in [3.05, 3.63) is 53.7 Å². The maximum Gasteiger partial charge on any atom is 0.317 e. The third-order valence-corrected chi connectivity index (χ3v) is 4.07.